The van der Waals surface area contributed by atoms with Crippen LogP contribution >= 0.6 is 11.8 Å². The smallest absolute Gasteiger partial charge is 0.251 e. The van der Waals surface area contributed by atoms with Crippen molar-refractivity contribution in [1.29, 1.82) is 0 Å². The van der Waals surface area contributed by atoms with Crippen LogP contribution in [-0.4, -0.2) is 36.0 Å². The summed E-state index contributed by atoms with van der Waals surface area (Å²) in [6.45, 7) is 5.61. The van der Waals surface area contributed by atoms with Gasteiger partial charge < -0.3 is 10.6 Å². The van der Waals surface area contributed by atoms with Crippen LogP contribution < -0.4 is 10.6 Å². The van der Waals surface area contributed by atoms with Crippen molar-refractivity contribution in [2.45, 2.75) is 33.1 Å². The normalized spacial score (nSPS) is 10.3. The molecule has 5 heteroatoms. The predicted octanol–water partition coefficient (Wildman–Crippen LogP) is 3.08. The minimum Gasteiger partial charge on any atom is -0.370 e. The number of nitrogens with one attached hydrogen (secondary N) is 2. The molecule has 2 N–H and O–H groups in total. The zero-order valence-corrected chi connectivity index (χ0v) is 13.5. The number of pyridine rings is 1. The average molecular weight is 295 g/mol. The van der Waals surface area contributed by atoms with Crippen molar-refractivity contribution in [3.05, 3.63) is 23.4 Å². The van der Waals surface area contributed by atoms with Crippen molar-refractivity contribution < 1.29 is 4.79 Å². The first-order valence-corrected chi connectivity index (χ1v) is 8.56. The van der Waals surface area contributed by atoms with Crippen LogP contribution in [0.5, 0.6) is 0 Å². The first-order chi connectivity index (χ1) is 9.67. The van der Waals surface area contributed by atoms with Crippen molar-refractivity contribution in [3.63, 3.8) is 0 Å². The second-order valence-corrected chi connectivity index (χ2v) is 5.75. The van der Waals surface area contributed by atoms with Crippen LogP contribution in [0.15, 0.2) is 12.1 Å². The van der Waals surface area contributed by atoms with Crippen molar-refractivity contribution >= 4 is 23.5 Å². The molecule has 1 amide bonds. The van der Waals surface area contributed by atoms with E-state index in [9.17, 15) is 4.79 Å². The number of aromatic nitrogens is 1. The average Bonchev–Trinajstić information content (AvgIpc) is 2.44. The number of hydrogen-bond donors (Lipinski definition) is 2. The maximum absolute atomic E-state index is 12.1. The molecule has 1 rings (SSSR count). The predicted molar refractivity (Wildman–Crippen MR) is 87.7 cm³/mol. The summed E-state index contributed by atoms with van der Waals surface area (Å²) in [6, 6.07) is 3.65. The van der Waals surface area contributed by atoms with Gasteiger partial charge in [0.05, 0.1) is 0 Å². The minimum atomic E-state index is -0.0146. The molecule has 0 aliphatic heterocycles. The Morgan fingerprint density at radius 3 is 2.80 bits per heavy atom. The van der Waals surface area contributed by atoms with Crippen LogP contribution in [0.25, 0.3) is 0 Å². The molecular formula is C15H25N3OS. The Kier molecular flexibility index (Phi) is 8.11. The zero-order valence-electron chi connectivity index (χ0n) is 12.7. The van der Waals surface area contributed by atoms with E-state index in [1.54, 1.807) is 0 Å². The molecule has 0 aliphatic carbocycles. The second kappa shape index (κ2) is 9.64. The number of anilines is 1. The summed E-state index contributed by atoms with van der Waals surface area (Å²) in [6.07, 6.45) is 5.30. The van der Waals surface area contributed by atoms with Crippen LogP contribution in [0.4, 0.5) is 5.82 Å². The third-order valence-electron chi connectivity index (χ3n) is 2.83. The summed E-state index contributed by atoms with van der Waals surface area (Å²) in [5, 5.41) is 6.19. The SMILES string of the molecule is CCCNc1cc(C(=O)NCCCCSC)cc(C)n1. The van der Waals surface area contributed by atoms with E-state index >= 15 is 0 Å². The highest BCUT2D eigenvalue weighted by molar-refractivity contribution is 7.98. The van der Waals surface area contributed by atoms with Crippen LogP contribution in [0.3, 0.4) is 0 Å². The molecule has 112 valence electrons. The van der Waals surface area contributed by atoms with E-state index in [1.165, 1.54) is 0 Å². The summed E-state index contributed by atoms with van der Waals surface area (Å²) >= 11 is 1.84. The molecule has 0 bridgehead atoms. The number of rotatable bonds is 9. The van der Waals surface area contributed by atoms with E-state index in [0.717, 1.165) is 49.6 Å². The molecule has 1 aromatic rings. The lowest BCUT2D eigenvalue weighted by Crippen LogP contribution is -2.25. The summed E-state index contributed by atoms with van der Waals surface area (Å²) in [4.78, 5) is 16.5. The van der Waals surface area contributed by atoms with E-state index in [1.807, 2.05) is 30.8 Å². The standard InChI is InChI=1S/C15H25N3OS/c1-4-7-16-14-11-13(10-12(2)18-14)15(19)17-8-5-6-9-20-3/h10-11H,4-9H2,1-3H3,(H,16,18)(H,17,19). The fourth-order valence-electron chi connectivity index (χ4n) is 1.82. The van der Waals surface area contributed by atoms with E-state index in [0.29, 0.717) is 5.56 Å². The molecule has 0 radical (unpaired) electrons. The topological polar surface area (TPSA) is 54.0 Å². The van der Waals surface area contributed by atoms with Crippen molar-refractivity contribution in [3.8, 4) is 0 Å². The van der Waals surface area contributed by atoms with Crippen LogP contribution in [-0.2, 0) is 0 Å². The number of aryl methyl sites for hydroxylation is 1. The molecule has 1 heterocycles. The van der Waals surface area contributed by atoms with Gasteiger partial charge in [0.15, 0.2) is 0 Å². The molecule has 0 unspecified atom stereocenters. The Bertz CT molecular complexity index is 424. The zero-order chi connectivity index (χ0) is 14.8. The lowest BCUT2D eigenvalue weighted by Gasteiger charge is -2.09. The van der Waals surface area contributed by atoms with Crippen LogP contribution in [0.1, 0.15) is 42.2 Å². The van der Waals surface area contributed by atoms with Gasteiger partial charge in [0.1, 0.15) is 5.82 Å². The number of carbonyl (C=O) groups excluding carboxylic acids is 1. The van der Waals surface area contributed by atoms with Gasteiger partial charge >= 0.3 is 0 Å². The van der Waals surface area contributed by atoms with Gasteiger partial charge in [-0.15, -0.1) is 0 Å². The van der Waals surface area contributed by atoms with Gasteiger partial charge in [-0.05, 0) is 50.3 Å². The minimum absolute atomic E-state index is 0.0146. The molecule has 0 atom stereocenters. The molecule has 1 aromatic heterocycles. The second-order valence-electron chi connectivity index (χ2n) is 4.77. The lowest BCUT2D eigenvalue weighted by molar-refractivity contribution is 0.0953. The number of amides is 1. The Labute approximate surface area is 126 Å². The molecule has 4 nitrogen and oxygen atoms in total. The van der Waals surface area contributed by atoms with Gasteiger partial charge in [-0.3, -0.25) is 4.79 Å². The van der Waals surface area contributed by atoms with E-state index < -0.39 is 0 Å². The molecule has 0 fully saturated rings. The molecule has 0 aromatic carbocycles. The van der Waals surface area contributed by atoms with Crippen LogP contribution in [0.2, 0.25) is 0 Å². The van der Waals surface area contributed by atoms with Gasteiger partial charge in [0.2, 0.25) is 0 Å². The molecule has 0 spiro atoms. The molecule has 0 saturated heterocycles. The van der Waals surface area contributed by atoms with Gasteiger partial charge in [-0.1, -0.05) is 6.92 Å². The Morgan fingerprint density at radius 1 is 1.30 bits per heavy atom. The van der Waals surface area contributed by atoms with Gasteiger partial charge in [-0.25, -0.2) is 4.98 Å². The quantitative estimate of drug-likeness (QED) is 0.687. The summed E-state index contributed by atoms with van der Waals surface area (Å²) in [5.41, 5.74) is 1.54. The third-order valence-corrected chi connectivity index (χ3v) is 3.53. The maximum atomic E-state index is 12.1. The number of nitrogens with zero attached hydrogens (tertiary/aromatic N) is 1. The van der Waals surface area contributed by atoms with Crippen LogP contribution in [0, 0.1) is 6.92 Å². The van der Waals surface area contributed by atoms with E-state index in [4.69, 9.17) is 0 Å². The number of hydrogen-bond acceptors (Lipinski definition) is 4. The van der Waals surface area contributed by atoms with E-state index in [2.05, 4.69) is 28.8 Å². The lowest BCUT2D eigenvalue weighted by atomic mass is 10.2. The number of carbonyl (C=O) groups is 1. The summed E-state index contributed by atoms with van der Waals surface area (Å²) < 4.78 is 0. The molecular weight excluding hydrogens is 270 g/mol. The van der Waals surface area contributed by atoms with E-state index in [-0.39, 0.29) is 5.91 Å². The van der Waals surface area contributed by atoms with Gasteiger partial charge in [0.25, 0.3) is 5.91 Å². The summed E-state index contributed by atoms with van der Waals surface area (Å²) in [7, 11) is 0. The Morgan fingerprint density at radius 2 is 2.10 bits per heavy atom. The first-order valence-electron chi connectivity index (χ1n) is 7.17. The van der Waals surface area contributed by atoms with Gasteiger partial charge in [-0.2, -0.15) is 11.8 Å². The number of thioether (sulfide) groups is 1. The largest absolute Gasteiger partial charge is 0.370 e. The fraction of sp³-hybridized carbons (Fsp3) is 0.600. The monoisotopic (exact) mass is 295 g/mol. The molecule has 0 aliphatic rings. The molecule has 20 heavy (non-hydrogen) atoms. The highest BCUT2D eigenvalue weighted by atomic mass is 32.2. The maximum Gasteiger partial charge on any atom is 0.251 e. The molecule has 0 saturated carbocycles. The Balaban J connectivity index is 2.51. The van der Waals surface area contributed by atoms with Crippen molar-refractivity contribution in [2.75, 3.05) is 30.4 Å². The summed E-state index contributed by atoms with van der Waals surface area (Å²) in [5.74, 6) is 1.91. The highest BCUT2D eigenvalue weighted by Crippen LogP contribution is 2.10. The highest BCUT2D eigenvalue weighted by Gasteiger charge is 2.07. The Hall–Kier alpha value is -1.23. The number of unbranched alkanes of at least 4 members (excludes halogenated alkanes) is 1. The van der Waals surface area contributed by atoms with Crippen molar-refractivity contribution in [1.82, 2.24) is 10.3 Å². The van der Waals surface area contributed by atoms with Gasteiger partial charge in [0, 0.05) is 24.3 Å². The fourth-order valence-corrected chi connectivity index (χ4v) is 2.31. The van der Waals surface area contributed by atoms with Crippen molar-refractivity contribution in [2.24, 2.45) is 0 Å². The third kappa shape index (κ3) is 6.28. The first kappa shape index (κ1) is 16.8.